The van der Waals surface area contributed by atoms with E-state index in [9.17, 15) is 0 Å². The van der Waals surface area contributed by atoms with E-state index in [0.29, 0.717) is 6.04 Å². The maximum absolute atomic E-state index is 5.91. The van der Waals surface area contributed by atoms with Gasteiger partial charge in [0.15, 0.2) is 0 Å². The molecule has 2 aliphatic rings. The molecule has 1 heterocycles. The van der Waals surface area contributed by atoms with Crippen LogP contribution < -0.4 is 5.32 Å². The number of nitrogens with zero attached hydrogens (tertiary/aromatic N) is 1. The van der Waals surface area contributed by atoms with Crippen molar-refractivity contribution in [1.82, 2.24) is 10.2 Å². The molecule has 0 aromatic rings. The third kappa shape index (κ3) is 5.05. The van der Waals surface area contributed by atoms with E-state index in [1.807, 2.05) is 0 Å². The fraction of sp³-hybridized carbons (Fsp3) is 1.00. The van der Waals surface area contributed by atoms with Crippen LogP contribution in [-0.2, 0) is 4.74 Å². The van der Waals surface area contributed by atoms with E-state index < -0.39 is 0 Å². The highest BCUT2D eigenvalue weighted by molar-refractivity contribution is 4.94. The number of nitrogens with one attached hydrogen (secondary N) is 1. The molecule has 3 nitrogen and oxygen atoms in total. The summed E-state index contributed by atoms with van der Waals surface area (Å²) in [5.41, 5.74) is -0.00800. The Bertz CT molecular complexity index is 270. The van der Waals surface area contributed by atoms with Gasteiger partial charge in [-0.15, -0.1) is 0 Å². The van der Waals surface area contributed by atoms with Crippen molar-refractivity contribution in [3.63, 3.8) is 0 Å². The third-order valence-corrected chi connectivity index (χ3v) is 4.26. The zero-order valence-corrected chi connectivity index (χ0v) is 13.2. The molecule has 1 saturated carbocycles. The predicted molar refractivity (Wildman–Crippen MR) is 80.5 cm³/mol. The Morgan fingerprint density at radius 2 is 2.00 bits per heavy atom. The molecule has 0 amide bonds. The van der Waals surface area contributed by atoms with Crippen LogP contribution in [0.5, 0.6) is 0 Å². The van der Waals surface area contributed by atoms with Crippen molar-refractivity contribution in [2.45, 2.75) is 71.1 Å². The summed E-state index contributed by atoms with van der Waals surface area (Å²) >= 11 is 0. The molecular formula is C16H32N2O. The van der Waals surface area contributed by atoms with Crippen molar-refractivity contribution in [1.29, 1.82) is 0 Å². The van der Waals surface area contributed by atoms with Crippen LogP contribution in [0.2, 0.25) is 0 Å². The molecule has 19 heavy (non-hydrogen) atoms. The van der Waals surface area contributed by atoms with Gasteiger partial charge >= 0.3 is 0 Å². The number of hydrogen-bond acceptors (Lipinski definition) is 3. The van der Waals surface area contributed by atoms with Gasteiger partial charge in [0.2, 0.25) is 0 Å². The topological polar surface area (TPSA) is 24.5 Å². The van der Waals surface area contributed by atoms with Crippen molar-refractivity contribution < 1.29 is 4.74 Å². The summed E-state index contributed by atoms with van der Waals surface area (Å²) in [5, 5.41) is 3.75. The van der Waals surface area contributed by atoms with Crippen LogP contribution in [-0.4, -0.2) is 48.8 Å². The molecule has 1 aliphatic carbocycles. The molecule has 0 aromatic heterocycles. The molecule has 2 unspecified atom stereocenters. The molecule has 1 N–H and O–H groups in total. The van der Waals surface area contributed by atoms with Gasteiger partial charge < -0.3 is 10.1 Å². The van der Waals surface area contributed by atoms with Gasteiger partial charge in [0, 0.05) is 31.7 Å². The lowest BCUT2D eigenvalue weighted by Gasteiger charge is -2.41. The van der Waals surface area contributed by atoms with Crippen molar-refractivity contribution >= 4 is 0 Å². The lowest BCUT2D eigenvalue weighted by Crippen LogP contribution is -2.58. The Kier molecular flexibility index (Phi) is 5.27. The van der Waals surface area contributed by atoms with E-state index in [4.69, 9.17) is 4.74 Å². The molecule has 112 valence electrons. The highest BCUT2D eigenvalue weighted by atomic mass is 16.5. The third-order valence-electron chi connectivity index (χ3n) is 4.26. The van der Waals surface area contributed by atoms with Crippen LogP contribution in [0, 0.1) is 5.92 Å². The van der Waals surface area contributed by atoms with Gasteiger partial charge in [-0.05, 0) is 46.0 Å². The van der Waals surface area contributed by atoms with Crippen molar-refractivity contribution in [3.05, 3.63) is 0 Å². The molecule has 2 rings (SSSR count). The Balaban J connectivity index is 1.81. The second kappa shape index (κ2) is 6.55. The summed E-state index contributed by atoms with van der Waals surface area (Å²) in [6, 6.07) is 1.45. The standard InChI is InChI=1S/C16H32N2O/c1-5-6-14-12-18(9-10-19-16(2,3)4)15(11-17-14)13-7-8-13/h13-15,17H,5-12H2,1-4H3. The lowest BCUT2D eigenvalue weighted by molar-refractivity contribution is -0.0240. The first-order chi connectivity index (χ1) is 8.99. The Hall–Kier alpha value is -0.120. The minimum absolute atomic E-state index is 0.00800. The SMILES string of the molecule is CCCC1CN(CCOC(C)(C)C)C(C2CC2)CN1. The van der Waals surface area contributed by atoms with Gasteiger partial charge in [-0.3, -0.25) is 4.90 Å². The zero-order valence-electron chi connectivity index (χ0n) is 13.2. The highest BCUT2D eigenvalue weighted by Gasteiger charge is 2.38. The first kappa shape index (κ1) is 15.3. The molecule has 0 bridgehead atoms. The average Bonchev–Trinajstić information content (AvgIpc) is 3.12. The van der Waals surface area contributed by atoms with Crippen LogP contribution in [0.15, 0.2) is 0 Å². The van der Waals surface area contributed by atoms with Gasteiger partial charge in [-0.1, -0.05) is 13.3 Å². The molecule has 0 aromatic carbocycles. The summed E-state index contributed by atoms with van der Waals surface area (Å²) in [5.74, 6) is 0.949. The van der Waals surface area contributed by atoms with E-state index in [0.717, 1.165) is 25.1 Å². The normalized spacial score (nSPS) is 29.7. The van der Waals surface area contributed by atoms with Crippen LogP contribution in [0.3, 0.4) is 0 Å². The van der Waals surface area contributed by atoms with Crippen LogP contribution in [0.25, 0.3) is 0 Å². The largest absolute Gasteiger partial charge is 0.375 e. The lowest BCUT2D eigenvalue weighted by atomic mass is 10.0. The van der Waals surface area contributed by atoms with Gasteiger partial charge in [-0.2, -0.15) is 0 Å². The van der Waals surface area contributed by atoms with Crippen LogP contribution in [0.1, 0.15) is 53.4 Å². The van der Waals surface area contributed by atoms with Crippen molar-refractivity contribution in [2.75, 3.05) is 26.2 Å². The maximum Gasteiger partial charge on any atom is 0.0600 e. The smallest absolute Gasteiger partial charge is 0.0600 e. The quantitative estimate of drug-likeness (QED) is 0.801. The molecule has 2 fully saturated rings. The Morgan fingerprint density at radius 3 is 2.58 bits per heavy atom. The fourth-order valence-electron chi connectivity index (χ4n) is 3.11. The molecule has 1 saturated heterocycles. The van der Waals surface area contributed by atoms with E-state index >= 15 is 0 Å². The van der Waals surface area contributed by atoms with Crippen LogP contribution in [0.4, 0.5) is 0 Å². The second-order valence-electron chi connectivity index (χ2n) is 7.25. The zero-order chi connectivity index (χ0) is 13.9. The van der Waals surface area contributed by atoms with Crippen LogP contribution >= 0.6 is 0 Å². The Morgan fingerprint density at radius 1 is 1.26 bits per heavy atom. The molecule has 0 spiro atoms. The summed E-state index contributed by atoms with van der Waals surface area (Å²) in [7, 11) is 0. The van der Waals surface area contributed by atoms with Gasteiger partial charge in [-0.25, -0.2) is 0 Å². The van der Waals surface area contributed by atoms with E-state index in [-0.39, 0.29) is 5.60 Å². The minimum Gasteiger partial charge on any atom is -0.375 e. The molecular weight excluding hydrogens is 236 g/mol. The predicted octanol–water partition coefficient (Wildman–Crippen LogP) is 2.65. The summed E-state index contributed by atoms with van der Waals surface area (Å²) in [4.78, 5) is 2.69. The second-order valence-corrected chi connectivity index (χ2v) is 7.25. The summed E-state index contributed by atoms with van der Waals surface area (Å²) < 4.78 is 5.91. The first-order valence-corrected chi connectivity index (χ1v) is 8.11. The minimum atomic E-state index is -0.00800. The van der Waals surface area contributed by atoms with E-state index in [1.165, 1.54) is 38.8 Å². The Labute approximate surface area is 119 Å². The fourth-order valence-corrected chi connectivity index (χ4v) is 3.11. The van der Waals surface area contributed by atoms with Gasteiger partial charge in [0.1, 0.15) is 0 Å². The molecule has 0 radical (unpaired) electrons. The summed E-state index contributed by atoms with van der Waals surface area (Å²) in [6.45, 7) is 13.1. The summed E-state index contributed by atoms with van der Waals surface area (Å²) in [6.07, 6.45) is 5.44. The van der Waals surface area contributed by atoms with E-state index in [1.54, 1.807) is 0 Å². The van der Waals surface area contributed by atoms with Gasteiger partial charge in [0.25, 0.3) is 0 Å². The number of rotatable bonds is 6. The van der Waals surface area contributed by atoms with E-state index in [2.05, 4.69) is 37.9 Å². The van der Waals surface area contributed by atoms with Gasteiger partial charge in [0.05, 0.1) is 12.2 Å². The van der Waals surface area contributed by atoms with Crippen molar-refractivity contribution in [3.8, 4) is 0 Å². The first-order valence-electron chi connectivity index (χ1n) is 8.11. The van der Waals surface area contributed by atoms with Crippen molar-refractivity contribution in [2.24, 2.45) is 5.92 Å². The molecule has 2 atom stereocenters. The average molecular weight is 268 g/mol. The number of hydrogen-bond donors (Lipinski definition) is 1. The number of ether oxygens (including phenoxy) is 1. The number of piperazine rings is 1. The highest BCUT2D eigenvalue weighted by Crippen LogP contribution is 2.36. The monoisotopic (exact) mass is 268 g/mol. The maximum atomic E-state index is 5.91. The molecule has 3 heteroatoms. The molecule has 1 aliphatic heterocycles.